The Morgan fingerprint density at radius 1 is 1.18 bits per heavy atom. The second kappa shape index (κ2) is 7.43. The molecule has 1 aliphatic heterocycles. The van der Waals surface area contributed by atoms with E-state index in [1.165, 1.54) is 5.56 Å². The first-order valence-corrected chi connectivity index (χ1v) is 8.19. The number of benzene rings is 1. The summed E-state index contributed by atoms with van der Waals surface area (Å²) in [5.41, 5.74) is 2.12. The predicted octanol–water partition coefficient (Wildman–Crippen LogP) is 3.40. The van der Waals surface area contributed by atoms with Crippen molar-refractivity contribution in [2.24, 2.45) is 5.92 Å². The largest absolute Gasteiger partial charge is 0.343 e. The summed E-state index contributed by atoms with van der Waals surface area (Å²) in [5, 5.41) is 2.99. The molecule has 120 valence electrons. The zero-order valence-corrected chi connectivity index (χ0v) is 13.8. The van der Waals surface area contributed by atoms with Crippen LogP contribution in [-0.4, -0.2) is 29.8 Å². The highest BCUT2D eigenvalue weighted by Gasteiger charge is 2.26. The molecule has 0 atom stereocenters. The molecule has 2 rings (SSSR count). The molecule has 1 aliphatic rings. The van der Waals surface area contributed by atoms with Gasteiger partial charge in [0.25, 0.3) is 0 Å². The van der Waals surface area contributed by atoms with Gasteiger partial charge in [-0.25, -0.2) is 0 Å². The monoisotopic (exact) mass is 302 g/mol. The molecule has 0 radical (unpaired) electrons. The van der Waals surface area contributed by atoms with Gasteiger partial charge in [0, 0.05) is 31.1 Å². The minimum absolute atomic E-state index is 0.00526. The zero-order valence-electron chi connectivity index (χ0n) is 13.8. The van der Waals surface area contributed by atoms with Crippen molar-refractivity contribution in [3.63, 3.8) is 0 Å². The van der Waals surface area contributed by atoms with Crippen LogP contribution in [0.1, 0.15) is 51.5 Å². The number of hydrogen-bond acceptors (Lipinski definition) is 2. The van der Waals surface area contributed by atoms with Crippen LogP contribution in [0.25, 0.3) is 0 Å². The van der Waals surface area contributed by atoms with Crippen molar-refractivity contribution in [2.45, 2.75) is 46.0 Å². The fraction of sp³-hybridized carbons (Fsp3) is 0.556. The van der Waals surface area contributed by atoms with Crippen LogP contribution >= 0.6 is 0 Å². The molecule has 0 unspecified atom stereocenters. The molecule has 0 bridgehead atoms. The molecule has 0 spiro atoms. The van der Waals surface area contributed by atoms with Gasteiger partial charge in [-0.05, 0) is 36.5 Å². The summed E-state index contributed by atoms with van der Waals surface area (Å²) < 4.78 is 0. The highest BCUT2D eigenvalue weighted by atomic mass is 16.2. The molecular formula is C18H26N2O2. The Labute approximate surface area is 132 Å². The van der Waals surface area contributed by atoms with E-state index in [1.807, 2.05) is 24.0 Å². The second-order valence-electron chi connectivity index (χ2n) is 6.27. The molecule has 4 nitrogen and oxygen atoms in total. The van der Waals surface area contributed by atoms with Crippen LogP contribution in [-0.2, 0) is 9.59 Å². The number of piperidine rings is 1. The van der Waals surface area contributed by atoms with E-state index in [0.29, 0.717) is 25.4 Å². The molecule has 4 heteroatoms. The molecule has 2 amide bonds. The van der Waals surface area contributed by atoms with Crippen molar-refractivity contribution in [1.82, 2.24) is 4.90 Å². The molecule has 1 saturated heterocycles. The fourth-order valence-corrected chi connectivity index (χ4v) is 2.81. The SMILES string of the molecule is CCC(=O)N1CCC(C(=O)Nc2ccc(C(C)C)cc2)CC1. The molecular weight excluding hydrogens is 276 g/mol. The van der Waals surface area contributed by atoms with E-state index < -0.39 is 0 Å². The van der Waals surface area contributed by atoms with Gasteiger partial charge in [0.15, 0.2) is 0 Å². The Kier molecular flexibility index (Phi) is 5.58. The minimum atomic E-state index is 0.00526. The Balaban J connectivity index is 1.87. The molecule has 1 N–H and O–H groups in total. The van der Waals surface area contributed by atoms with E-state index in [1.54, 1.807) is 0 Å². The Bertz CT molecular complexity index is 514. The number of hydrogen-bond donors (Lipinski definition) is 1. The van der Waals surface area contributed by atoms with Crippen LogP contribution in [0.3, 0.4) is 0 Å². The van der Waals surface area contributed by atoms with Gasteiger partial charge in [0.2, 0.25) is 11.8 Å². The number of carbonyl (C=O) groups excluding carboxylic acids is 2. The van der Waals surface area contributed by atoms with Crippen molar-refractivity contribution < 1.29 is 9.59 Å². The van der Waals surface area contributed by atoms with Gasteiger partial charge in [0.05, 0.1) is 0 Å². The lowest BCUT2D eigenvalue weighted by Gasteiger charge is -2.31. The van der Waals surface area contributed by atoms with Crippen LogP contribution in [0.4, 0.5) is 5.69 Å². The third kappa shape index (κ3) is 4.09. The number of anilines is 1. The first kappa shape index (κ1) is 16.5. The van der Waals surface area contributed by atoms with E-state index in [4.69, 9.17) is 0 Å². The van der Waals surface area contributed by atoms with Crippen molar-refractivity contribution in [2.75, 3.05) is 18.4 Å². The van der Waals surface area contributed by atoms with E-state index in [9.17, 15) is 9.59 Å². The van der Waals surface area contributed by atoms with Gasteiger partial charge in [-0.2, -0.15) is 0 Å². The highest BCUT2D eigenvalue weighted by Crippen LogP contribution is 2.21. The van der Waals surface area contributed by atoms with E-state index in [-0.39, 0.29) is 17.7 Å². The number of amides is 2. The molecule has 1 aromatic carbocycles. The minimum Gasteiger partial charge on any atom is -0.343 e. The van der Waals surface area contributed by atoms with Crippen molar-refractivity contribution in [3.8, 4) is 0 Å². The van der Waals surface area contributed by atoms with E-state index >= 15 is 0 Å². The molecule has 1 heterocycles. The quantitative estimate of drug-likeness (QED) is 0.926. The van der Waals surface area contributed by atoms with Gasteiger partial charge >= 0.3 is 0 Å². The third-order valence-electron chi connectivity index (χ3n) is 4.37. The summed E-state index contributed by atoms with van der Waals surface area (Å²) in [7, 11) is 0. The Morgan fingerprint density at radius 2 is 1.77 bits per heavy atom. The Morgan fingerprint density at radius 3 is 2.27 bits per heavy atom. The van der Waals surface area contributed by atoms with Crippen LogP contribution in [0.5, 0.6) is 0 Å². The predicted molar refractivity (Wildman–Crippen MR) is 88.8 cm³/mol. The van der Waals surface area contributed by atoms with Gasteiger partial charge < -0.3 is 10.2 Å². The summed E-state index contributed by atoms with van der Waals surface area (Å²) >= 11 is 0. The van der Waals surface area contributed by atoms with E-state index in [0.717, 1.165) is 18.5 Å². The maximum Gasteiger partial charge on any atom is 0.227 e. The average Bonchev–Trinajstić information content (AvgIpc) is 2.54. The molecule has 0 saturated carbocycles. The molecule has 1 fully saturated rings. The third-order valence-corrected chi connectivity index (χ3v) is 4.37. The van der Waals surface area contributed by atoms with Crippen molar-refractivity contribution in [3.05, 3.63) is 29.8 Å². The first-order valence-electron chi connectivity index (χ1n) is 8.19. The van der Waals surface area contributed by atoms with Crippen molar-refractivity contribution >= 4 is 17.5 Å². The maximum absolute atomic E-state index is 12.3. The number of rotatable bonds is 4. The Hall–Kier alpha value is -1.84. The topological polar surface area (TPSA) is 49.4 Å². The summed E-state index contributed by atoms with van der Waals surface area (Å²) in [6, 6.07) is 8.04. The highest BCUT2D eigenvalue weighted by molar-refractivity contribution is 5.92. The normalized spacial score (nSPS) is 15.9. The fourth-order valence-electron chi connectivity index (χ4n) is 2.81. The van der Waals surface area contributed by atoms with Crippen LogP contribution in [0.15, 0.2) is 24.3 Å². The lowest BCUT2D eigenvalue weighted by Crippen LogP contribution is -2.41. The second-order valence-corrected chi connectivity index (χ2v) is 6.27. The van der Waals surface area contributed by atoms with E-state index in [2.05, 4.69) is 31.3 Å². The lowest BCUT2D eigenvalue weighted by atomic mass is 9.95. The van der Waals surface area contributed by atoms with Gasteiger partial charge in [-0.15, -0.1) is 0 Å². The van der Waals surface area contributed by atoms with Gasteiger partial charge in [-0.1, -0.05) is 32.9 Å². The molecule has 1 aromatic rings. The first-order chi connectivity index (χ1) is 10.5. The number of nitrogens with zero attached hydrogens (tertiary/aromatic N) is 1. The smallest absolute Gasteiger partial charge is 0.227 e. The van der Waals surface area contributed by atoms with Gasteiger partial charge in [0.1, 0.15) is 0 Å². The number of nitrogens with one attached hydrogen (secondary N) is 1. The number of likely N-dealkylation sites (tertiary alicyclic amines) is 1. The van der Waals surface area contributed by atoms with Crippen LogP contribution in [0, 0.1) is 5.92 Å². The summed E-state index contributed by atoms with van der Waals surface area (Å²) in [6.07, 6.45) is 2.04. The zero-order chi connectivity index (χ0) is 16.1. The van der Waals surface area contributed by atoms with Crippen molar-refractivity contribution in [1.29, 1.82) is 0 Å². The average molecular weight is 302 g/mol. The lowest BCUT2D eigenvalue weighted by molar-refractivity contribution is -0.134. The summed E-state index contributed by atoms with van der Waals surface area (Å²) in [5.74, 6) is 0.750. The maximum atomic E-state index is 12.3. The number of carbonyl (C=O) groups is 2. The summed E-state index contributed by atoms with van der Waals surface area (Å²) in [6.45, 7) is 7.56. The summed E-state index contributed by atoms with van der Waals surface area (Å²) in [4.78, 5) is 25.8. The standard InChI is InChI=1S/C18H26N2O2/c1-4-17(21)20-11-9-15(10-12-20)18(22)19-16-7-5-14(6-8-16)13(2)3/h5-8,13,15H,4,9-12H2,1-3H3,(H,19,22). The van der Waals surface area contributed by atoms with Crippen LogP contribution < -0.4 is 5.32 Å². The molecule has 0 aromatic heterocycles. The molecule has 22 heavy (non-hydrogen) atoms. The van der Waals surface area contributed by atoms with Gasteiger partial charge in [-0.3, -0.25) is 9.59 Å². The molecule has 0 aliphatic carbocycles. The van der Waals surface area contributed by atoms with Crippen LogP contribution in [0.2, 0.25) is 0 Å².